The minimum Gasteiger partial charge on any atom is -0.271 e. The molecule has 86 valence electrons. The van der Waals surface area contributed by atoms with Crippen LogP contribution in [0.4, 0.5) is 0 Å². The summed E-state index contributed by atoms with van der Waals surface area (Å²) in [5, 5.41) is 0. The van der Waals surface area contributed by atoms with Crippen molar-refractivity contribution < 1.29 is 0 Å². The first-order valence-electron chi connectivity index (χ1n) is 5.94. The summed E-state index contributed by atoms with van der Waals surface area (Å²) in [6.07, 6.45) is 4.93. The van der Waals surface area contributed by atoms with Gasteiger partial charge in [-0.05, 0) is 24.2 Å². The summed E-state index contributed by atoms with van der Waals surface area (Å²) in [6, 6.07) is 0.439. The molecular formula is C12H28N2. The first-order chi connectivity index (χ1) is 6.47. The smallest absolute Gasteiger partial charge is 0.0264 e. The van der Waals surface area contributed by atoms with Gasteiger partial charge < -0.3 is 0 Å². The molecule has 2 atom stereocenters. The third-order valence-corrected chi connectivity index (χ3v) is 3.48. The fourth-order valence-corrected chi connectivity index (χ4v) is 1.87. The molecule has 0 aromatic heterocycles. The quantitative estimate of drug-likeness (QED) is 0.489. The second-order valence-corrected chi connectivity index (χ2v) is 5.19. The standard InChI is InChI=1S/C12H28N2/c1-6-8-10(3)9-11(14-13)12(4,5)7-2/h10-11,14H,6-9,13H2,1-5H3. The molecule has 14 heavy (non-hydrogen) atoms. The maximum atomic E-state index is 5.63. The lowest BCUT2D eigenvalue weighted by atomic mass is 9.77. The molecule has 2 heteroatoms. The lowest BCUT2D eigenvalue weighted by Crippen LogP contribution is -2.46. The zero-order valence-corrected chi connectivity index (χ0v) is 10.6. The van der Waals surface area contributed by atoms with Gasteiger partial charge in [0.2, 0.25) is 0 Å². The van der Waals surface area contributed by atoms with Crippen LogP contribution in [0.2, 0.25) is 0 Å². The number of hydrogen-bond donors (Lipinski definition) is 2. The van der Waals surface area contributed by atoms with Crippen LogP contribution in [0.1, 0.15) is 60.3 Å². The van der Waals surface area contributed by atoms with Crippen LogP contribution in [0.5, 0.6) is 0 Å². The maximum Gasteiger partial charge on any atom is 0.0264 e. The summed E-state index contributed by atoms with van der Waals surface area (Å²) in [5.41, 5.74) is 3.28. The first kappa shape index (κ1) is 13.9. The molecule has 0 saturated carbocycles. The Morgan fingerprint density at radius 1 is 1.29 bits per heavy atom. The van der Waals surface area contributed by atoms with Gasteiger partial charge >= 0.3 is 0 Å². The molecule has 0 amide bonds. The molecule has 0 aliphatic heterocycles. The van der Waals surface area contributed by atoms with Gasteiger partial charge in [0.05, 0.1) is 0 Å². The molecule has 0 fully saturated rings. The average molecular weight is 200 g/mol. The van der Waals surface area contributed by atoms with E-state index in [9.17, 15) is 0 Å². The van der Waals surface area contributed by atoms with E-state index in [-0.39, 0.29) is 0 Å². The van der Waals surface area contributed by atoms with Gasteiger partial charge in [-0.3, -0.25) is 11.3 Å². The molecule has 2 unspecified atom stereocenters. The second-order valence-electron chi connectivity index (χ2n) is 5.19. The monoisotopic (exact) mass is 200 g/mol. The fourth-order valence-electron chi connectivity index (χ4n) is 1.87. The van der Waals surface area contributed by atoms with Crippen molar-refractivity contribution in [3.05, 3.63) is 0 Å². The van der Waals surface area contributed by atoms with E-state index in [4.69, 9.17) is 5.84 Å². The lowest BCUT2D eigenvalue weighted by molar-refractivity contribution is 0.198. The first-order valence-corrected chi connectivity index (χ1v) is 5.94. The highest BCUT2D eigenvalue weighted by molar-refractivity contribution is 4.82. The molecule has 3 N–H and O–H groups in total. The largest absolute Gasteiger partial charge is 0.271 e. The number of hydrazine groups is 1. The summed E-state index contributed by atoms with van der Waals surface area (Å²) in [4.78, 5) is 0. The second kappa shape index (κ2) is 6.41. The van der Waals surface area contributed by atoms with Crippen molar-refractivity contribution in [3.8, 4) is 0 Å². The third kappa shape index (κ3) is 4.43. The van der Waals surface area contributed by atoms with Gasteiger partial charge in [-0.15, -0.1) is 0 Å². The Kier molecular flexibility index (Phi) is 6.38. The van der Waals surface area contributed by atoms with Crippen molar-refractivity contribution in [3.63, 3.8) is 0 Å². The molecule has 2 nitrogen and oxygen atoms in total. The highest BCUT2D eigenvalue weighted by Gasteiger charge is 2.27. The van der Waals surface area contributed by atoms with Crippen molar-refractivity contribution in [2.24, 2.45) is 17.2 Å². The van der Waals surface area contributed by atoms with Crippen LogP contribution in [-0.2, 0) is 0 Å². The molecule has 0 rings (SSSR count). The maximum absolute atomic E-state index is 5.63. The van der Waals surface area contributed by atoms with Crippen LogP contribution in [0.25, 0.3) is 0 Å². The van der Waals surface area contributed by atoms with Gasteiger partial charge in [-0.25, -0.2) is 0 Å². The SMILES string of the molecule is CCCC(C)CC(NN)C(C)(C)CC. The van der Waals surface area contributed by atoms with E-state index >= 15 is 0 Å². The number of hydrogen-bond acceptors (Lipinski definition) is 2. The molecule has 0 aliphatic carbocycles. The van der Waals surface area contributed by atoms with Crippen LogP contribution in [0.3, 0.4) is 0 Å². The molecule has 0 radical (unpaired) electrons. The Morgan fingerprint density at radius 2 is 1.86 bits per heavy atom. The van der Waals surface area contributed by atoms with E-state index in [2.05, 4.69) is 40.0 Å². The highest BCUT2D eigenvalue weighted by atomic mass is 15.2. The van der Waals surface area contributed by atoms with Crippen LogP contribution < -0.4 is 11.3 Å². The fraction of sp³-hybridized carbons (Fsp3) is 1.00. The molecule has 0 aromatic rings. The molecule has 0 heterocycles. The molecule has 0 aromatic carbocycles. The van der Waals surface area contributed by atoms with Gasteiger partial charge in [0.15, 0.2) is 0 Å². The summed E-state index contributed by atoms with van der Waals surface area (Å²) in [6.45, 7) is 11.4. The van der Waals surface area contributed by atoms with Gasteiger partial charge in [0, 0.05) is 6.04 Å². The van der Waals surface area contributed by atoms with Crippen molar-refractivity contribution >= 4 is 0 Å². The van der Waals surface area contributed by atoms with Crippen molar-refractivity contribution in [1.82, 2.24) is 5.43 Å². The molecular weight excluding hydrogens is 172 g/mol. The van der Waals surface area contributed by atoms with Crippen LogP contribution in [0, 0.1) is 11.3 Å². The summed E-state index contributed by atoms with van der Waals surface area (Å²) < 4.78 is 0. The Balaban J connectivity index is 4.14. The van der Waals surface area contributed by atoms with Gasteiger partial charge in [-0.2, -0.15) is 0 Å². The predicted molar refractivity (Wildman–Crippen MR) is 63.9 cm³/mol. The van der Waals surface area contributed by atoms with Crippen molar-refractivity contribution in [2.45, 2.75) is 66.3 Å². The van der Waals surface area contributed by atoms with E-state index in [1.54, 1.807) is 0 Å². The normalized spacial score (nSPS) is 16.7. The number of rotatable bonds is 7. The van der Waals surface area contributed by atoms with Crippen molar-refractivity contribution in [2.75, 3.05) is 0 Å². The molecule has 0 aliphatic rings. The summed E-state index contributed by atoms with van der Waals surface area (Å²) in [7, 11) is 0. The topological polar surface area (TPSA) is 38.0 Å². The summed E-state index contributed by atoms with van der Waals surface area (Å²) >= 11 is 0. The summed E-state index contributed by atoms with van der Waals surface area (Å²) in [5.74, 6) is 6.40. The van der Waals surface area contributed by atoms with Gasteiger partial charge in [0.25, 0.3) is 0 Å². The van der Waals surface area contributed by atoms with Crippen LogP contribution in [-0.4, -0.2) is 6.04 Å². The lowest BCUT2D eigenvalue weighted by Gasteiger charge is -2.34. The van der Waals surface area contributed by atoms with E-state index < -0.39 is 0 Å². The molecule has 0 spiro atoms. The average Bonchev–Trinajstić information content (AvgIpc) is 2.14. The Morgan fingerprint density at radius 3 is 2.21 bits per heavy atom. The van der Waals surface area contributed by atoms with E-state index in [1.165, 1.54) is 25.7 Å². The minimum absolute atomic E-state index is 0.302. The predicted octanol–water partition coefficient (Wildman–Crippen LogP) is 3.08. The Bertz CT molecular complexity index is 143. The minimum atomic E-state index is 0.302. The molecule has 0 bridgehead atoms. The third-order valence-electron chi connectivity index (χ3n) is 3.48. The molecule has 0 saturated heterocycles. The number of nitrogens with one attached hydrogen (secondary N) is 1. The highest BCUT2D eigenvalue weighted by Crippen LogP contribution is 2.29. The van der Waals surface area contributed by atoms with E-state index in [0.29, 0.717) is 11.5 Å². The van der Waals surface area contributed by atoms with Crippen LogP contribution in [0.15, 0.2) is 0 Å². The van der Waals surface area contributed by atoms with E-state index in [0.717, 1.165) is 5.92 Å². The van der Waals surface area contributed by atoms with Crippen molar-refractivity contribution in [1.29, 1.82) is 0 Å². The number of nitrogens with two attached hydrogens (primary N) is 1. The van der Waals surface area contributed by atoms with Gasteiger partial charge in [-0.1, -0.05) is 47.5 Å². The van der Waals surface area contributed by atoms with Crippen LogP contribution >= 0.6 is 0 Å². The van der Waals surface area contributed by atoms with E-state index in [1.807, 2.05) is 0 Å². The Labute approximate surface area is 89.6 Å². The Hall–Kier alpha value is -0.0800. The zero-order valence-electron chi connectivity index (χ0n) is 10.6. The zero-order chi connectivity index (χ0) is 11.2. The van der Waals surface area contributed by atoms with Gasteiger partial charge in [0.1, 0.15) is 0 Å².